The first kappa shape index (κ1) is 18.9. The summed E-state index contributed by atoms with van der Waals surface area (Å²) in [5.41, 5.74) is 7.62. The number of aromatic nitrogens is 1. The van der Waals surface area contributed by atoms with Gasteiger partial charge in [0, 0.05) is 34.9 Å². The van der Waals surface area contributed by atoms with Crippen LogP contribution >= 0.6 is 11.3 Å². The van der Waals surface area contributed by atoms with Crippen LogP contribution in [0.2, 0.25) is 0 Å². The van der Waals surface area contributed by atoms with Gasteiger partial charge in [-0.2, -0.15) is 5.26 Å². The average molecular weight is 418 g/mol. The van der Waals surface area contributed by atoms with Crippen LogP contribution in [0.25, 0.3) is 11.3 Å². The third kappa shape index (κ3) is 3.18. The van der Waals surface area contributed by atoms with Gasteiger partial charge in [-0.15, -0.1) is 11.3 Å². The van der Waals surface area contributed by atoms with Crippen LogP contribution in [0, 0.1) is 17.1 Å². The van der Waals surface area contributed by atoms with Crippen LogP contribution in [0.4, 0.5) is 4.39 Å². The van der Waals surface area contributed by atoms with Crippen molar-refractivity contribution in [1.29, 1.82) is 5.26 Å². The van der Waals surface area contributed by atoms with Crippen molar-refractivity contribution in [3.8, 4) is 17.3 Å². The number of rotatable bonds is 3. The Hall–Kier alpha value is -3.08. The molecule has 0 fully saturated rings. The predicted octanol–water partition coefficient (Wildman–Crippen LogP) is 4.25. The fourth-order valence-electron chi connectivity index (χ4n) is 4.29. The van der Waals surface area contributed by atoms with Crippen molar-refractivity contribution in [1.82, 2.24) is 15.4 Å². The molecule has 3 aromatic rings. The molecule has 5 nitrogen and oxygen atoms in total. The molecule has 2 aliphatic rings. The highest BCUT2D eigenvalue weighted by atomic mass is 32.1. The molecule has 30 heavy (non-hydrogen) atoms. The van der Waals surface area contributed by atoms with Crippen LogP contribution in [0.5, 0.6) is 0 Å². The van der Waals surface area contributed by atoms with Crippen molar-refractivity contribution in [2.45, 2.75) is 31.8 Å². The number of hydrogen-bond acceptors (Lipinski definition) is 6. The van der Waals surface area contributed by atoms with E-state index in [-0.39, 0.29) is 17.4 Å². The lowest BCUT2D eigenvalue weighted by molar-refractivity contribution is 0.232. The van der Waals surface area contributed by atoms with Crippen LogP contribution < -0.4 is 5.43 Å². The van der Waals surface area contributed by atoms with Gasteiger partial charge in [-0.25, -0.2) is 19.8 Å². The van der Waals surface area contributed by atoms with Gasteiger partial charge in [0.25, 0.3) is 0 Å². The normalized spacial score (nSPS) is 22.3. The summed E-state index contributed by atoms with van der Waals surface area (Å²) in [7, 11) is 0. The van der Waals surface area contributed by atoms with E-state index in [9.17, 15) is 4.39 Å². The summed E-state index contributed by atoms with van der Waals surface area (Å²) < 4.78 is 14.0. The number of aliphatic imine (C=N–C) groups is 1. The molecule has 1 N–H and O–H groups in total. The van der Waals surface area contributed by atoms with Gasteiger partial charge in [0.05, 0.1) is 22.3 Å². The molecule has 0 radical (unpaired) electrons. The third-order valence-electron chi connectivity index (χ3n) is 5.70. The Bertz CT molecular complexity index is 1190. The molecule has 7 heteroatoms. The summed E-state index contributed by atoms with van der Waals surface area (Å²) in [6.45, 7) is 4.93. The molecule has 3 heterocycles. The van der Waals surface area contributed by atoms with E-state index in [1.165, 1.54) is 6.07 Å². The summed E-state index contributed by atoms with van der Waals surface area (Å²) in [6, 6.07) is 14.6. The van der Waals surface area contributed by atoms with E-state index in [2.05, 4.69) is 28.8 Å². The standard InChI is InChI=1S/C23H20FN5S/c1-14-26-22-18-9-17(24)7-8-19(18)23(2,13-29(22)28-14)10-21-27-20(12-30-21)16-5-3-15(11-25)4-6-16/h3-9,12,14,28H,10,13H2,1-2H3. The minimum Gasteiger partial charge on any atom is -0.289 e. The molecule has 0 spiro atoms. The topological polar surface area (TPSA) is 64.3 Å². The number of nitriles is 1. The van der Waals surface area contributed by atoms with Crippen molar-refractivity contribution < 1.29 is 4.39 Å². The summed E-state index contributed by atoms with van der Waals surface area (Å²) in [6.07, 6.45) is 0.716. The zero-order valence-electron chi connectivity index (χ0n) is 16.7. The number of hydrazine groups is 1. The highest BCUT2D eigenvalue weighted by Crippen LogP contribution is 2.39. The van der Waals surface area contributed by atoms with Crippen molar-refractivity contribution >= 4 is 17.2 Å². The van der Waals surface area contributed by atoms with Crippen LogP contribution in [0.15, 0.2) is 52.8 Å². The summed E-state index contributed by atoms with van der Waals surface area (Å²) in [4.78, 5) is 9.51. The summed E-state index contributed by atoms with van der Waals surface area (Å²) in [5, 5.41) is 14.1. The molecule has 0 saturated carbocycles. The van der Waals surface area contributed by atoms with Gasteiger partial charge in [-0.05, 0) is 36.8 Å². The molecular formula is C23H20FN5S. The molecule has 2 atom stereocenters. The third-order valence-corrected chi connectivity index (χ3v) is 6.55. The predicted molar refractivity (Wildman–Crippen MR) is 116 cm³/mol. The Balaban J connectivity index is 1.48. The SMILES string of the molecule is CC1N=C2c3cc(F)ccc3C(C)(Cc3nc(-c4ccc(C#N)cc4)cs3)CN2N1. The fourth-order valence-corrected chi connectivity index (χ4v) is 5.28. The highest BCUT2D eigenvalue weighted by Gasteiger charge is 2.42. The Morgan fingerprint density at radius 2 is 2.10 bits per heavy atom. The van der Waals surface area contributed by atoms with Crippen molar-refractivity contribution in [2.24, 2.45) is 4.99 Å². The second-order valence-corrected chi connectivity index (χ2v) is 9.03. The van der Waals surface area contributed by atoms with Crippen LogP contribution in [-0.2, 0) is 11.8 Å². The van der Waals surface area contributed by atoms with E-state index >= 15 is 0 Å². The Morgan fingerprint density at radius 3 is 2.87 bits per heavy atom. The molecule has 5 rings (SSSR count). The largest absolute Gasteiger partial charge is 0.289 e. The number of fused-ring (bicyclic) bond motifs is 3. The molecule has 0 aliphatic carbocycles. The number of hydrogen-bond donors (Lipinski definition) is 1. The van der Waals surface area contributed by atoms with E-state index < -0.39 is 0 Å². The summed E-state index contributed by atoms with van der Waals surface area (Å²) >= 11 is 1.63. The van der Waals surface area contributed by atoms with Gasteiger partial charge in [-0.3, -0.25) is 5.01 Å². The highest BCUT2D eigenvalue weighted by molar-refractivity contribution is 7.10. The van der Waals surface area contributed by atoms with E-state index in [1.807, 2.05) is 42.3 Å². The number of benzene rings is 2. The number of nitrogens with zero attached hydrogens (tertiary/aromatic N) is 4. The average Bonchev–Trinajstić information content (AvgIpc) is 3.33. The maximum atomic E-state index is 14.0. The van der Waals surface area contributed by atoms with Gasteiger partial charge in [0.2, 0.25) is 0 Å². The second kappa shape index (κ2) is 7.01. The lowest BCUT2D eigenvalue weighted by atomic mass is 9.74. The van der Waals surface area contributed by atoms with Gasteiger partial charge in [-0.1, -0.05) is 25.1 Å². The zero-order chi connectivity index (χ0) is 20.9. The molecule has 0 amide bonds. The first-order valence-electron chi connectivity index (χ1n) is 9.82. The Labute approximate surface area is 178 Å². The first-order chi connectivity index (χ1) is 14.4. The number of amidine groups is 1. The van der Waals surface area contributed by atoms with Crippen LogP contribution in [-0.4, -0.2) is 28.5 Å². The quantitative estimate of drug-likeness (QED) is 0.692. The molecule has 2 aromatic carbocycles. The minimum absolute atomic E-state index is 0.0266. The van der Waals surface area contributed by atoms with E-state index in [0.29, 0.717) is 5.56 Å². The molecule has 150 valence electrons. The van der Waals surface area contributed by atoms with E-state index in [4.69, 9.17) is 10.2 Å². The van der Waals surface area contributed by atoms with Crippen LogP contribution in [0.3, 0.4) is 0 Å². The number of nitrogens with one attached hydrogen (secondary N) is 1. The lowest BCUT2D eigenvalue weighted by Crippen LogP contribution is -2.52. The van der Waals surface area contributed by atoms with Crippen molar-refractivity contribution in [2.75, 3.05) is 6.54 Å². The number of halogens is 1. The van der Waals surface area contributed by atoms with Crippen molar-refractivity contribution in [3.63, 3.8) is 0 Å². The lowest BCUT2D eigenvalue weighted by Gasteiger charge is -2.41. The zero-order valence-corrected chi connectivity index (χ0v) is 17.5. The van der Waals surface area contributed by atoms with Gasteiger partial charge in [0.1, 0.15) is 17.8 Å². The van der Waals surface area contributed by atoms with E-state index in [0.717, 1.165) is 46.2 Å². The molecule has 2 unspecified atom stereocenters. The maximum absolute atomic E-state index is 14.0. The molecule has 0 saturated heterocycles. The fraction of sp³-hybridized carbons (Fsp3) is 0.261. The van der Waals surface area contributed by atoms with Crippen LogP contribution in [0.1, 0.15) is 35.5 Å². The first-order valence-corrected chi connectivity index (χ1v) is 10.7. The molecule has 0 bridgehead atoms. The molecular weight excluding hydrogens is 397 g/mol. The Kier molecular flexibility index (Phi) is 4.42. The van der Waals surface area contributed by atoms with Gasteiger partial charge < -0.3 is 0 Å². The summed E-state index contributed by atoms with van der Waals surface area (Å²) in [5.74, 6) is 0.560. The number of thiazole rings is 1. The molecule has 1 aromatic heterocycles. The maximum Gasteiger partial charge on any atom is 0.147 e. The van der Waals surface area contributed by atoms with Gasteiger partial charge in [0.15, 0.2) is 0 Å². The smallest absolute Gasteiger partial charge is 0.147 e. The molecule has 2 aliphatic heterocycles. The Morgan fingerprint density at radius 1 is 1.30 bits per heavy atom. The minimum atomic E-state index is -0.252. The van der Waals surface area contributed by atoms with E-state index in [1.54, 1.807) is 17.4 Å². The monoisotopic (exact) mass is 417 g/mol. The van der Waals surface area contributed by atoms with Gasteiger partial charge >= 0.3 is 0 Å². The van der Waals surface area contributed by atoms with Crippen molar-refractivity contribution in [3.05, 3.63) is 75.4 Å². The second-order valence-electron chi connectivity index (χ2n) is 8.09.